The number of carbonyl (C=O) groups is 1. The van der Waals surface area contributed by atoms with E-state index in [9.17, 15) is 23.1 Å². The number of ether oxygens (including phenoxy) is 1. The fourth-order valence-corrected chi connectivity index (χ4v) is 2.32. The van der Waals surface area contributed by atoms with E-state index in [4.69, 9.17) is 11.6 Å². The molecule has 2 aromatic carbocycles. The van der Waals surface area contributed by atoms with E-state index >= 15 is 0 Å². The topological polar surface area (TPSA) is 70.9 Å². The Hall–Kier alpha value is -3.00. The van der Waals surface area contributed by atoms with E-state index in [1.807, 2.05) is 0 Å². The number of aliphatic imine (C=N–C) groups is 1. The van der Waals surface area contributed by atoms with Gasteiger partial charge in [-0.15, -0.1) is 13.2 Å². The van der Waals surface area contributed by atoms with Crippen LogP contribution in [0.1, 0.15) is 5.56 Å². The third-order valence-electron chi connectivity index (χ3n) is 3.22. The summed E-state index contributed by atoms with van der Waals surface area (Å²) in [7, 11) is 1.29. The Balaban J connectivity index is 2.47. The van der Waals surface area contributed by atoms with Crippen LogP contribution in [0.25, 0.3) is 5.70 Å². The van der Waals surface area contributed by atoms with Crippen LogP contribution < -0.4 is 10.1 Å². The molecule has 0 atom stereocenters. The second kappa shape index (κ2) is 8.59. The normalized spacial score (nSPS) is 12.6. The van der Waals surface area contributed by atoms with E-state index in [1.54, 1.807) is 24.3 Å². The number of nitrogens with one attached hydrogen (secondary N) is 1. The number of carboxylic acids is 1. The van der Waals surface area contributed by atoms with E-state index in [0.29, 0.717) is 10.7 Å². The number of alkyl halides is 3. The van der Waals surface area contributed by atoms with Gasteiger partial charge in [0.15, 0.2) is 0 Å². The van der Waals surface area contributed by atoms with Crippen LogP contribution >= 0.6 is 11.6 Å². The van der Waals surface area contributed by atoms with Crippen molar-refractivity contribution in [3.63, 3.8) is 0 Å². The third-order valence-corrected chi connectivity index (χ3v) is 3.46. The van der Waals surface area contributed by atoms with Gasteiger partial charge in [0, 0.05) is 29.0 Å². The predicted octanol–water partition coefficient (Wildman–Crippen LogP) is 4.85. The van der Waals surface area contributed by atoms with Crippen molar-refractivity contribution >= 4 is 34.7 Å². The molecule has 0 bridgehead atoms. The van der Waals surface area contributed by atoms with Crippen LogP contribution in [0.2, 0.25) is 5.02 Å². The molecule has 142 valence electrons. The average Bonchev–Trinajstić information content (AvgIpc) is 2.57. The van der Waals surface area contributed by atoms with Crippen LogP contribution in [0.15, 0.2) is 59.6 Å². The number of nitrogens with zero attached hydrogens (tertiary/aromatic N) is 1. The zero-order chi connectivity index (χ0) is 20.0. The highest BCUT2D eigenvalue weighted by molar-refractivity contribution is 6.41. The van der Waals surface area contributed by atoms with E-state index in [-0.39, 0.29) is 17.0 Å². The number of hydrogen-bond acceptors (Lipinski definition) is 4. The summed E-state index contributed by atoms with van der Waals surface area (Å²) in [5.41, 5.74) is 0.686. The van der Waals surface area contributed by atoms with Crippen LogP contribution in [-0.2, 0) is 4.79 Å². The second-order valence-electron chi connectivity index (χ2n) is 5.18. The highest BCUT2D eigenvalue weighted by Crippen LogP contribution is 2.27. The van der Waals surface area contributed by atoms with E-state index in [1.165, 1.54) is 25.3 Å². The van der Waals surface area contributed by atoms with E-state index < -0.39 is 18.1 Å². The molecule has 9 heteroatoms. The fourth-order valence-electron chi connectivity index (χ4n) is 2.13. The fraction of sp³-hybridized carbons (Fsp3) is 0.111. The van der Waals surface area contributed by atoms with Crippen molar-refractivity contribution in [2.24, 2.45) is 4.99 Å². The largest absolute Gasteiger partial charge is 0.573 e. The Morgan fingerprint density at radius 3 is 2.52 bits per heavy atom. The lowest BCUT2D eigenvalue weighted by atomic mass is 10.1. The Bertz CT molecular complexity index is 895. The van der Waals surface area contributed by atoms with Crippen molar-refractivity contribution in [3.8, 4) is 5.75 Å². The van der Waals surface area contributed by atoms with Crippen molar-refractivity contribution < 1.29 is 27.8 Å². The molecule has 0 saturated carbocycles. The molecule has 0 aliphatic carbocycles. The van der Waals surface area contributed by atoms with Gasteiger partial charge >= 0.3 is 12.3 Å². The lowest BCUT2D eigenvalue weighted by Crippen LogP contribution is -2.17. The first kappa shape index (κ1) is 20.3. The van der Waals surface area contributed by atoms with Crippen LogP contribution in [-0.4, -0.2) is 30.2 Å². The lowest BCUT2D eigenvalue weighted by molar-refractivity contribution is -0.274. The first-order valence-electron chi connectivity index (χ1n) is 7.48. The first-order valence-corrected chi connectivity index (χ1v) is 7.86. The monoisotopic (exact) mass is 398 g/mol. The minimum atomic E-state index is -4.85. The van der Waals surface area contributed by atoms with Crippen LogP contribution in [0.3, 0.4) is 0 Å². The van der Waals surface area contributed by atoms with Crippen molar-refractivity contribution in [2.45, 2.75) is 6.36 Å². The second-order valence-corrected chi connectivity index (χ2v) is 5.62. The first-order chi connectivity index (χ1) is 12.7. The quantitative estimate of drug-likeness (QED) is 0.682. The van der Waals surface area contributed by atoms with E-state index in [2.05, 4.69) is 15.0 Å². The van der Waals surface area contributed by atoms with Gasteiger partial charge in [0.05, 0.1) is 0 Å². The minimum Gasteiger partial charge on any atom is -0.477 e. The van der Waals surface area contributed by atoms with Crippen molar-refractivity contribution in [1.29, 1.82) is 0 Å². The molecule has 0 amide bonds. The molecule has 0 aromatic heterocycles. The summed E-state index contributed by atoms with van der Waals surface area (Å²) < 4.78 is 41.3. The summed E-state index contributed by atoms with van der Waals surface area (Å²) in [6, 6.07) is 11.7. The summed E-state index contributed by atoms with van der Waals surface area (Å²) in [6.45, 7) is 0. The van der Waals surface area contributed by atoms with Crippen molar-refractivity contribution in [3.05, 3.63) is 65.2 Å². The molecule has 0 aliphatic heterocycles. The summed E-state index contributed by atoms with van der Waals surface area (Å²) in [5, 5.41) is 12.6. The molecule has 0 heterocycles. The van der Waals surface area contributed by atoms with Crippen molar-refractivity contribution in [2.75, 3.05) is 12.4 Å². The number of halogens is 4. The van der Waals surface area contributed by atoms with Crippen molar-refractivity contribution in [1.82, 2.24) is 0 Å². The maximum absolute atomic E-state index is 12.5. The van der Waals surface area contributed by atoms with Crippen LogP contribution in [0, 0.1) is 0 Å². The standard InChI is InChI=1S/C18H14ClF3N2O3/c1-23-16(17(25)26)10-15(24-13-6-3-5-12(19)9-13)11-4-2-7-14(8-11)27-18(20,21)22/h2-10,24H,1H3,(H,25,26)/b15-10-,23-16?. The molecule has 5 nitrogen and oxygen atoms in total. The number of carboxylic acid groups (broad SMARTS) is 1. The van der Waals surface area contributed by atoms with Gasteiger partial charge in [-0.25, -0.2) is 4.79 Å². The maximum Gasteiger partial charge on any atom is 0.573 e. The summed E-state index contributed by atoms with van der Waals surface area (Å²) in [4.78, 5) is 14.9. The predicted molar refractivity (Wildman–Crippen MR) is 97.2 cm³/mol. The van der Waals surface area contributed by atoms with Gasteiger partial charge < -0.3 is 15.2 Å². The molecular formula is C18H14ClF3N2O3. The number of anilines is 1. The Labute approximate surface area is 157 Å². The molecule has 0 radical (unpaired) electrons. The lowest BCUT2D eigenvalue weighted by Gasteiger charge is -2.14. The smallest absolute Gasteiger partial charge is 0.477 e. The molecule has 0 aliphatic rings. The third kappa shape index (κ3) is 6.34. The highest BCUT2D eigenvalue weighted by atomic mass is 35.5. The maximum atomic E-state index is 12.5. The molecule has 0 spiro atoms. The SMILES string of the molecule is CN=C(/C=C(\Nc1cccc(Cl)c1)c1cccc(OC(F)(F)F)c1)C(=O)O. The van der Waals surface area contributed by atoms with Gasteiger partial charge in [0.25, 0.3) is 0 Å². The van der Waals surface area contributed by atoms with Gasteiger partial charge in [-0.2, -0.15) is 0 Å². The molecule has 27 heavy (non-hydrogen) atoms. The molecular weight excluding hydrogens is 385 g/mol. The Morgan fingerprint density at radius 1 is 1.22 bits per heavy atom. The Morgan fingerprint density at radius 2 is 1.93 bits per heavy atom. The van der Waals surface area contributed by atoms with Gasteiger partial charge in [0.1, 0.15) is 11.5 Å². The summed E-state index contributed by atoms with van der Waals surface area (Å²) in [5.74, 6) is -1.73. The average molecular weight is 399 g/mol. The summed E-state index contributed by atoms with van der Waals surface area (Å²) >= 11 is 5.93. The van der Waals surface area contributed by atoms with E-state index in [0.717, 1.165) is 12.1 Å². The number of hydrogen-bond donors (Lipinski definition) is 2. The molecule has 2 N–H and O–H groups in total. The zero-order valence-electron chi connectivity index (χ0n) is 13.9. The van der Waals surface area contributed by atoms with Gasteiger partial charge in [-0.05, 0) is 36.4 Å². The van der Waals surface area contributed by atoms with Crippen LogP contribution in [0.5, 0.6) is 5.75 Å². The molecule has 0 unspecified atom stereocenters. The zero-order valence-corrected chi connectivity index (χ0v) is 14.7. The minimum absolute atomic E-state index is 0.202. The number of benzene rings is 2. The summed E-state index contributed by atoms with van der Waals surface area (Å²) in [6.07, 6.45) is -3.64. The van der Waals surface area contributed by atoms with Crippen LogP contribution in [0.4, 0.5) is 18.9 Å². The van der Waals surface area contributed by atoms with Gasteiger partial charge in [-0.3, -0.25) is 4.99 Å². The van der Waals surface area contributed by atoms with Gasteiger partial charge in [0.2, 0.25) is 0 Å². The molecule has 2 rings (SSSR count). The van der Waals surface area contributed by atoms with Gasteiger partial charge in [-0.1, -0.05) is 29.8 Å². The molecule has 0 fully saturated rings. The number of rotatable bonds is 6. The highest BCUT2D eigenvalue weighted by Gasteiger charge is 2.31. The Kier molecular flexibility index (Phi) is 6.46. The molecule has 2 aromatic rings. The molecule has 0 saturated heterocycles. The number of aliphatic carboxylic acids is 1.